The fourth-order valence-electron chi connectivity index (χ4n) is 3.97. The number of carbonyl (C=O) groups is 1. The number of piperidine rings is 1. The Morgan fingerprint density at radius 1 is 1.10 bits per heavy atom. The minimum Gasteiger partial charge on any atom is -0.349 e. The zero-order valence-electron chi connectivity index (χ0n) is 17.2. The van der Waals surface area contributed by atoms with Crippen LogP contribution in [0.15, 0.2) is 48.5 Å². The molecule has 0 unspecified atom stereocenters. The highest BCUT2D eigenvalue weighted by atomic mass is 35.5. The van der Waals surface area contributed by atoms with E-state index >= 15 is 0 Å². The minimum absolute atomic E-state index is 0.0744. The second kappa shape index (κ2) is 10.5. The number of benzene rings is 2. The standard InChI is InChI=1S/C24H30Cl2N2O/c1-17(2)14-23(18-6-4-3-5-7-18)27-24(29)19-10-12-28(13-11-19)16-20-8-9-21(25)15-22(20)26/h3-9,15,17,19,23H,10-14,16H2,1-2H3,(H,27,29)/t23-/m0/s1. The van der Waals surface area contributed by atoms with E-state index in [1.165, 1.54) is 5.56 Å². The first-order valence-electron chi connectivity index (χ1n) is 10.4. The van der Waals surface area contributed by atoms with Crippen molar-refractivity contribution in [2.24, 2.45) is 11.8 Å². The van der Waals surface area contributed by atoms with Crippen LogP contribution in [0.3, 0.4) is 0 Å². The van der Waals surface area contributed by atoms with E-state index < -0.39 is 0 Å². The predicted molar refractivity (Wildman–Crippen MR) is 121 cm³/mol. The molecule has 1 N–H and O–H groups in total. The zero-order chi connectivity index (χ0) is 20.8. The molecule has 1 aliphatic rings. The molecule has 0 bridgehead atoms. The van der Waals surface area contributed by atoms with E-state index in [1.54, 1.807) is 6.07 Å². The van der Waals surface area contributed by atoms with Crippen molar-refractivity contribution in [3.63, 3.8) is 0 Å². The lowest BCUT2D eigenvalue weighted by atomic mass is 9.92. The van der Waals surface area contributed by atoms with Crippen LogP contribution in [0, 0.1) is 11.8 Å². The third-order valence-electron chi connectivity index (χ3n) is 5.59. The summed E-state index contributed by atoms with van der Waals surface area (Å²) in [7, 11) is 0. The van der Waals surface area contributed by atoms with Gasteiger partial charge in [0.2, 0.25) is 5.91 Å². The Labute approximate surface area is 184 Å². The maximum atomic E-state index is 13.0. The average molecular weight is 433 g/mol. The predicted octanol–water partition coefficient (Wildman–Crippen LogP) is 6.11. The molecule has 1 atom stereocenters. The first-order valence-corrected chi connectivity index (χ1v) is 11.2. The lowest BCUT2D eigenvalue weighted by molar-refractivity contribution is -0.127. The lowest BCUT2D eigenvalue weighted by Gasteiger charge is -2.32. The topological polar surface area (TPSA) is 32.3 Å². The quantitative estimate of drug-likeness (QED) is 0.572. The summed E-state index contributed by atoms with van der Waals surface area (Å²) in [5.74, 6) is 0.778. The number of nitrogens with one attached hydrogen (secondary N) is 1. The van der Waals surface area contributed by atoms with Crippen molar-refractivity contribution in [2.75, 3.05) is 13.1 Å². The van der Waals surface area contributed by atoms with Gasteiger partial charge in [-0.3, -0.25) is 9.69 Å². The van der Waals surface area contributed by atoms with Gasteiger partial charge in [-0.25, -0.2) is 0 Å². The lowest BCUT2D eigenvalue weighted by Crippen LogP contribution is -2.41. The molecule has 0 saturated carbocycles. The molecular formula is C24H30Cl2N2O. The maximum absolute atomic E-state index is 13.0. The molecular weight excluding hydrogens is 403 g/mol. The van der Waals surface area contributed by atoms with Crippen LogP contribution in [0.2, 0.25) is 10.0 Å². The Kier molecular flexibility index (Phi) is 7.99. The number of likely N-dealkylation sites (tertiary alicyclic amines) is 1. The van der Waals surface area contributed by atoms with Gasteiger partial charge in [0.25, 0.3) is 0 Å². The summed E-state index contributed by atoms with van der Waals surface area (Å²) >= 11 is 12.3. The molecule has 3 rings (SSSR count). The molecule has 29 heavy (non-hydrogen) atoms. The van der Waals surface area contributed by atoms with E-state index in [0.29, 0.717) is 16.0 Å². The van der Waals surface area contributed by atoms with Crippen LogP contribution in [0.4, 0.5) is 0 Å². The van der Waals surface area contributed by atoms with Gasteiger partial charge < -0.3 is 5.32 Å². The fraction of sp³-hybridized carbons (Fsp3) is 0.458. The molecule has 1 fully saturated rings. The molecule has 0 spiro atoms. The van der Waals surface area contributed by atoms with E-state index in [2.05, 4.69) is 36.2 Å². The van der Waals surface area contributed by atoms with Crippen molar-refractivity contribution >= 4 is 29.1 Å². The van der Waals surface area contributed by atoms with Gasteiger partial charge >= 0.3 is 0 Å². The highest BCUT2D eigenvalue weighted by molar-refractivity contribution is 6.35. The van der Waals surface area contributed by atoms with Crippen LogP contribution in [0.5, 0.6) is 0 Å². The van der Waals surface area contributed by atoms with Crippen molar-refractivity contribution < 1.29 is 4.79 Å². The second-order valence-electron chi connectivity index (χ2n) is 8.39. The van der Waals surface area contributed by atoms with Crippen LogP contribution < -0.4 is 5.32 Å². The zero-order valence-corrected chi connectivity index (χ0v) is 18.7. The van der Waals surface area contributed by atoms with Gasteiger partial charge in [-0.1, -0.05) is 73.4 Å². The Balaban J connectivity index is 1.54. The van der Waals surface area contributed by atoms with Crippen LogP contribution >= 0.6 is 23.2 Å². The average Bonchev–Trinajstić information content (AvgIpc) is 2.70. The van der Waals surface area contributed by atoms with Crippen molar-refractivity contribution in [2.45, 2.75) is 45.7 Å². The molecule has 0 radical (unpaired) electrons. The van der Waals surface area contributed by atoms with Crippen molar-refractivity contribution in [1.29, 1.82) is 0 Å². The van der Waals surface area contributed by atoms with Gasteiger partial charge in [0.15, 0.2) is 0 Å². The van der Waals surface area contributed by atoms with Crippen molar-refractivity contribution in [3.8, 4) is 0 Å². The monoisotopic (exact) mass is 432 g/mol. The Bertz CT molecular complexity index is 802. The minimum atomic E-state index is 0.0744. The van der Waals surface area contributed by atoms with Gasteiger partial charge in [-0.05, 0) is 61.5 Å². The Morgan fingerprint density at radius 2 is 1.79 bits per heavy atom. The third kappa shape index (κ3) is 6.47. The van der Waals surface area contributed by atoms with Crippen LogP contribution in [0.25, 0.3) is 0 Å². The summed E-state index contributed by atoms with van der Waals surface area (Å²) in [6.45, 7) is 6.99. The summed E-state index contributed by atoms with van der Waals surface area (Å²) in [6.07, 6.45) is 2.70. The summed E-state index contributed by atoms with van der Waals surface area (Å²) in [5, 5.41) is 4.68. The molecule has 0 aromatic heterocycles. The van der Waals surface area contributed by atoms with Gasteiger partial charge in [0.1, 0.15) is 0 Å². The largest absolute Gasteiger partial charge is 0.349 e. The van der Waals surface area contributed by atoms with E-state index in [1.807, 2.05) is 30.3 Å². The molecule has 2 aromatic carbocycles. The van der Waals surface area contributed by atoms with Crippen molar-refractivity contribution in [1.82, 2.24) is 10.2 Å². The number of hydrogen-bond acceptors (Lipinski definition) is 2. The first kappa shape index (κ1) is 22.1. The van der Waals surface area contributed by atoms with E-state index in [9.17, 15) is 4.79 Å². The summed E-state index contributed by atoms with van der Waals surface area (Å²) in [5.41, 5.74) is 2.27. The second-order valence-corrected chi connectivity index (χ2v) is 9.23. The summed E-state index contributed by atoms with van der Waals surface area (Å²) in [6, 6.07) is 16.0. The molecule has 1 aliphatic heterocycles. The SMILES string of the molecule is CC(C)C[C@H](NC(=O)C1CCN(Cc2ccc(Cl)cc2Cl)CC1)c1ccccc1. The summed E-state index contributed by atoms with van der Waals surface area (Å²) < 4.78 is 0. The molecule has 156 valence electrons. The van der Waals surface area contributed by atoms with E-state index in [4.69, 9.17) is 23.2 Å². The number of nitrogens with zero attached hydrogens (tertiary/aromatic N) is 1. The van der Waals surface area contributed by atoms with Gasteiger partial charge in [-0.2, -0.15) is 0 Å². The highest BCUT2D eigenvalue weighted by Crippen LogP contribution is 2.26. The number of carbonyl (C=O) groups excluding carboxylic acids is 1. The van der Waals surface area contributed by atoms with Gasteiger partial charge in [0.05, 0.1) is 6.04 Å². The normalized spacial score (nSPS) is 16.7. The smallest absolute Gasteiger partial charge is 0.223 e. The van der Waals surface area contributed by atoms with Crippen molar-refractivity contribution in [3.05, 3.63) is 69.7 Å². The molecule has 2 aromatic rings. The first-order chi connectivity index (χ1) is 13.9. The molecule has 1 amide bonds. The molecule has 0 aliphatic carbocycles. The fourth-order valence-corrected chi connectivity index (χ4v) is 4.44. The molecule has 1 heterocycles. The Hall–Kier alpha value is -1.55. The Morgan fingerprint density at radius 3 is 2.41 bits per heavy atom. The number of rotatable bonds is 7. The number of halogens is 2. The van der Waals surface area contributed by atoms with Crippen LogP contribution in [-0.4, -0.2) is 23.9 Å². The maximum Gasteiger partial charge on any atom is 0.223 e. The van der Waals surface area contributed by atoms with Crippen LogP contribution in [-0.2, 0) is 11.3 Å². The van der Waals surface area contributed by atoms with Gasteiger partial charge in [0, 0.05) is 22.5 Å². The van der Waals surface area contributed by atoms with Crippen LogP contribution in [0.1, 0.15) is 50.3 Å². The third-order valence-corrected chi connectivity index (χ3v) is 6.18. The number of hydrogen-bond donors (Lipinski definition) is 1. The molecule has 3 nitrogen and oxygen atoms in total. The van der Waals surface area contributed by atoms with E-state index in [0.717, 1.165) is 44.5 Å². The van der Waals surface area contributed by atoms with Gasteiger partial charge in [-0.15, -0.1) is 0 Å². The highest BCUT2D eigenvalue weighted by Gasteiger charge is 2.27. The molecule has 1 saturated heterocycles. The number of amides is 1. The molecule has 5 heteroatoms. The van der Waals surface area contributed by atoms with E-state index in [-0.39, 0.29) is 17.9 Å². The summed E-state index contributed by atoms with van der Waals surface area (Å²) in [4.78, 5) is 15.3.